The Kier molecular flexibility index (Phi) is 5.50. The highest BCUT2D eigenvalue weighted by Crippen LogP contribution is 2.32. The van der Waals surface area contributed by atoms with Crippen LogP contribution in [0.15, 0.2) is 36.4 Å². The van der Waals surface area contributed by atoms with Crippen LogP contribution in [-0.2, 0) is 0 Å². The number of carbonyl (C=O) groups is 1. The molecule has 0 radical (unpaired) electrons. The van der Waals surface area contributed by atoms with Crippen molar-refractivity contribution in [3.63, 3.8) is 0 Å². The maximum Gasteiger partial charge on any atom is 0.271 e. The summed E-state index contributed by atoms with van der Waals surface area (Å²) in [5, 5.41) is 21.9. The van der Waals surface area contributed by atoms with Crippen molar-refractivity contribution in [2.24, 2.45) is 5.92 Å². The molecule has 1 aliphatic rings. The average molecular weight is 361 g/mol. The molecule has 1 amide bonds. The Labute approximate surface area is 151 Å². The monoisotopic (exact) mass is 360 g/mol. The summed E-state index contributed by atoms with van der Waals surface area (Å²) >= 11 is 5.90. The number of benzene rings is 1. The Morgan fingerprint density at radius 2 is 1.88 bits per heavy atom. The van der Waals surface area contributed by atoms with Gasteiger partial charge >= 0.3 is 0 Å². The first-order chi connectivity index (χ1) is 12.1. The van der Waals surface area contributed by atoms with Crippen molar-refractivity contribution >= 4 is 23.3 Å². The van der Waals surface area contributed by atoms with Gasteiger partial charge in [-0.05, 0) is 48.6 Å². The normalized spacial score (nSPS) is 16.5. The van der Waals surface area contributed by atoms with Crippen LogP contribution in [0.5, 0.6) is 0 Å². The average Bonchev–Trinajstić information content (AvgIpc) is 2.67. The summed E-state index contributed by atoms with van der Waals surface area (Å²) in [5.74, 6) is 0.714. The molecule has 0 bridgehead atoms. The summed E-state index contributed by atoms with van der Waals surface area (Å²) in [6.45, 7) is 1.59. The van der Waals surface area contributed by atoms with Crippen LogP contribution in [0.2, 0.25) is 5.02 Å². The van der Waals surface area contributed by atoms with Crippen LogP contribution in [0, 0.1) is 5.92 Å². The number of aliphatic hydroxyl groups excluding tert-OH is 1. The summed E-state index contributed by atoms with van der Waals surface area (Å²) in [5.41, 5.74) is 1.21. The number of hydrogen-bond donors (Lipinski definition) is 2. The summed E-state index contributed by atoms with van der Waals surface area (Å²) in [4.78, 5) is 13.6. The van der Waals surface area contributed by atoms with Gasteiger partial charge in [0.2, 0.25) is 0 Å². The number of aromatic nitrogens is 2. The van der Waals surface area contributed by atoms with E-state index in [9.17, 15) is 9.90 Å². The van der Waals surface area contributed by atoms with E-state index >= 15 is 0 Å². The molecule has 1 aromatic heterocycles. The number of nitrogens with one attached hydrogen (secondary N) is 1. The molecule has 0 spiro atoms. The lowest BCUT2D eigenvalue weighted by Crippen LogP contribution is -2.36. The molecule has 1 aliphatic heterocycles. The Bertz CT molecular complexity index is 713. The highest BCUT2D eigenvalue weighted by molar-refractivity contribution is 6.30. The molecule has 7 heteroatoms. The minimum Gasteiger partial charge on any atom is -0.388 e. The molecule has 1 fully saturated rings. The van der Waals surface area contributed by atoms with E-state index in [1.165, 1.54) is 0 Å². The standard InChI is InChI=1S/C18H21ClN4O2/c1-20-18(25)15-6-7-16(22-21-15)23-10-8-13(9-11-23)17(24)12-2-4-14(19)5-3-12/h2-7,13,17,24H,8-11H2,1H3,(H,20,25). The highest BCUT2D eigenvalue weighted by Gasteiger charge is 2.27. The smallest absolute Gasteiger partial charge is 0.271 e. The number of anilines is 1. The Morgan fingerprint density at radius 1 is 1.20 bits per heavy atom. The molecule has 1 aromatic carbocycles. The lowest BCUT2D eigenvalue weighted by Gasteiger charge is -2.34. The number of aliphatic hydroxyl groups is 1. The molecular weight excluding hydrogens is 340 g/mol. The van der Waals surface area contributed by atoms with Crippen LogP contribution < -0.4 is 10.2 Å². The van der Waals surface area contributed by atoms with E-state index < -0.39 is 6.10 Å². The molecule has 2 aromatic rings. The molecule has 1 unspecified atom stereocenters. The van der Waals surface area contributed by atoms with Crippen molar-refractivity contribution in [1.82, 2.24) is 15.5 Å². The van der Waals surface area contributed by atoms with Gasteiger partial charge in [0, 0.05) is 25.2 Å². The SMILES string of the molecule is CNC(=O)c1ccc(N2CCC(C(O)c3ccc(Cl)cc3)CC2)nn1. The fourth-order valence-corrected chi connectivity index (χ4v) is 3.25. The maximum absolute atomic E-state index is 11.5. The van der Waals surface area contributed by atoms with E-state index in [0.717, 1.165) is 37.3 Å². The third kappa shape index (κ3) is 4.08. The summed E-state index contributed by atoms with van der Waals surface area (Å²) in [7, 11) is 1.56. The maximum atomic E-state index is 11.5. The molecule has 1 atom stereocenters. The van der Waals surface area contributed by atoms with Gasteiger partial charge in [0.25, 0.3) is 5.91 Å². The van der Waals surface area contributed by atoms with Crippen molar-refractivity contribution in [3.8, 4) is 0 Å². The Morgan fingerprint density at radius 3 is 2.44 bits per heavy atom. The third-order valence-corrected chi connectivity index (χ3v) is 4.88. The van der Waals surface area contributed by atoms with Gasteiger partial charge in [0.05, 0.1) is 6.10 Å². The van der Waals surface area contributed by atoms with E-state index in [2.05, 4.69) is 20.4 Å². The van der Waals surface area contributed by atoms with E-state index in [0.29, 0.717) is 10.7 Å². The lowest BCUT2D eigenvalue weighted by atomic mass is 9.87. The zero-order valence-corrected chi connectivity index (χ0v) is 14.8. The van der Waals surface area contributed by atoms with Gasteiger partial charge in [0.1, 0.15) is 0 Å². The fourth-order valence-electron chi connectivity index (χ4n) is 3.12. The van der Waals surface area contributed by atoms with E-state index in [1.54, 1.807) is 25.2 Å². The van der Waals surface area contributed by atoms with Gasteiger partial charge < -0.3 is 15.3 Å². The number of hydrogen-bond acceptors (Lipinski definition) is 5. The Balaban J connectivity index is 1.59. The summed E-state index contributed by atoms with van der Waals surface area (Å²) in [6, 6.07) is 10.9. The second kappa shape index (κ2) is 7.80. The molecule has 0 aliphatic carbocycles. The predicted molar refractivity (Wildman–Crippen MR) is 96.8 cm³/mol. The van der Waals surface area contributed by atoms with Gasteiger partial charge in [-0.15, -0.1) is 10.2 Å². The minimum atomic E-state index is -0.485. The first-order valence-corrected chi connectivity index (χ1v) is 8.70. The second-order valence-corrected chi connectivity index (χ2v) is 6.61. The van der Waals surface area contributed by atoms with Crippen LogP contribution in [0.4, 0.5) is 5.82 Å². The van der Waals surface area contributed by atoms with E-state index in [-0.39, 0.29) is 11.8 Å². The quantitative estimate of drug-likeness (QED) is 0.875. The second-order valence-electron chi connectivity index (χ2n) is 6.18. The van der Waals surface area contributed by atoms with Gasteiger partial charge in [0.15, 0.2) is 11.5 Å². The number of piperidine rings is 1. The van der Waals surface area contributed by atoms with Gasteiger partial charge in [-0.25, -0.2) is 0 Å². The van der Waals surface area contributed by atoms with Crippen molar-refractivity contribution in [2.45, 2.75) is 18.9 Å². The lowest BCUT2D eigenvalue weighted by molar-refractivity contribution is 0.0927. The van der Waals surface area contributed by atoms with Crippen LogP contribution in [-0.4, -0.2) is 41.3 Å². The van der Waals surface area contributed by atoms with Crippen LogP contribution in [0.3, 0.4) is 0 Å². The zero-order valence-electron chi connectivity index (χ0n) is 14.0. The van der Waals surface area contributed by atoms with Crippen LogP contribution in [0.1, 0.15) is 35.0 Å². The third-order valence-electron chi connectivity index (χ3n) is 4.63. The highest BCUT2D eigenvalue weighted by atomic mass is 35.5. The fraction of sp³-hybridized carbons (Fsp3) is 0.389. The first kappa shape index (κ1) is 17.6. The summed E-state index contributed by atoms with van der Waals surface area (Å²) < 4.78 is 0. The van der Waals surface area contributed by atoms with E-state index in [4.69, 9.17) is 11.6 Å². The number of halogens is 1. The van der Waals surface area contributed by atoms with Crippen molar-refractivity contribution < 1.29 is 9.90 Å². The molecule has 6 nitrogen and oxygen atoms in total. The van der Waals surface area contributed by atoms with Crippen LogP contribution >= 0.6 is 11.6 Å². The largest absolute Gasteiger partial charge is 0.388 e. The predicted octanol–water partition coefficient (Wildman–Crippen LogP) is 2.44. The topological polar surface area (TPSA) is 78.4 Å². The summed E-state index contributed by atoms with van der Waals surface area (Å²) in [6.07, 6.45) is 1.24. The van der Waals surface area contributed by atoms with Crippen molar-refractivity contribution in [2.75, 3.05) is 25.0 Å². The minimum absolute atomic E-state index is 0.204. The number of amides is 1. The number of rotatable bonds is 4. The molecule has 3 rings (SSSR count). The molecule has 25 heavy (non-hydrogen) atoms. The Hall–Kier alpha value is -2.18. The van der Waals surface area contributed by atoms with Crippen molar-refractivity contribution in [1.29, 1.82) is 0 Å². The molecule has 1 saturated heterocycles. The van der Waals surface area contributed by atoms with Gasteiger partial charge in [-0.2, -0.15) is 0 Å². The first-order valence-electron chi connectivity index (χ1n) is 8.33. The number of nitrogens with zero attached hydrogens (tertiary/aromatic N) is 3. The van der Waals surface area contributed by atoms with E-state index in [1.807, 2.05) is 18.2 Å². The molecule has 0 saturated carbocycles. The molecule has 132 valence electrons. The van der Waals surface area contributed by atoms with Gasteiger partial charge in [-0.3, -0.25) is 4.79 Å². The van der Waals surface area contributed by atoms with Gasteiger partial charge in [-0.1, -0.05) is 23.7 Å². The number of carbonyl (C=O) groups excluding carboxylic acids is 1. The molecular formula is C18H21ClN4O2. The van der Waals surface area contributed by atoms with Crippen LogP contribution in [0.25, 0.3) is 0 Å². The van der Waals surface area contributed by atoms with Crippen molar-refractivity contribution in [3.05, 3.63) is 52.7 Å². The zero-order chi connectivity index (χ0) is 17.8. The molecule has 2 N–H and O–H groups in total. The molecule has 2 heterocycles.